The van der Waals surface area contributed by atoms with Crippen molar-refractivity contribution >= 4 is 5.78 Å². The number of carbonyl (C=O) groups is 1. The van der Waals surface area contributed by atoms with Gasteiger partial charge >= 0.3 is 0 Å². The molecule has 0 heterocycles. The molecule has 1 unspecified atom stereocenters. The Morgan fingerprint density at radius 2 is 1.79 bits per heavy atom. The Kier molecular flexibility index (Phi) is 3.61. The summed E-state index contributed by atoms with van der Waals surface area (Å²) in [5.74, 6) is 2.09. The first-order valence-electron chi connectivity index (χ1n) is 9.87. The Bertz CT molecular complexity index is 594. The van der Waals surface area contributed by atoms with Gasteiger partial charge in [0.2, 0.25) is 0 Å². The number of carbonyl (C=O) groups excluding carboxylic acids is 1. The summed E-state index contributed by atoms with van der Waals surface area (Å²) >= 11 is 0. The van der Waals surface area contributed by atoms with Crippen LogP contribution in [0.15, 0.2) is 11.6 Å². The molecular formula is C21H32O3. The number of hydrogen-bond donors (Lipinski definition) is 2. The van der Waals surface area contributed by atoms with Crippen molar-refractivity contribution in [2.24, 2.45) is 28.6 Å². The SMILES string of the molecule is CC(O)[C@]1(O)CC[C@H]2[C@@H]3CCC4=CC(=O)CC[C@]4(C)[C@H]3CC[C@@]21C. The van der Waals surface area contributed by atoms with Gasteiger partial charge in [0.1, 0.15) is 0 Å². The van der Waals surface area contributed by atoms with Crippen LogP contribution >= 0.6 is 0 Å². The van der Waals surface area contributed by atoms with Crippen LogP contribution < -0.4 is 0 Å². The third kappa shape index (κ3) is 1.94. The molecule has 0 radical (unpaired) electrons. The topological polar surface area (TPSA) is 57.5 Å². The van der Waals surface area contributed by atoms with Crippen molar-refractivity contribution in [3.8, 4) is 0 Å². The van der Waals surface area contributed by atoms with Crippen molar-refractivity contribution in [1.29, 1.82) is 0 Å². The zero-order valence-corrected chi connectivity index (χ0v) is 15.3. The lowest BCUT2D eigenvalue weighted by molar-refractivity contribution is -0.171. The zero-order chi connectivity index (χ0) is 17.3. The first-order valence-corrected chi connectivity index (χ1v) is 9.87. The fourth-order valence-corrected chi connectivity index (χ4v) is 7.30. The Hall–Kier alpha value is -0.670. The molecule has 4 aliphatic carbocycles. The fraction of sp³-hybridized carbons (Fsp3) is 0.857. The van der Waals surface area contributed by atoms with Gasteiger partial charge in [-0.25, -0.2) is 0 Å². The van der Waals surface area contributed by atoms with E-state index in [1.54, 1.807) is 6.92 Å². The number of allylic oxidation sites excluding steroid dienone is 1. The van der Waals surface area contributed by atoms with Gasteiger partial charge in [0.05, 0.1) is 11.7 Å². The van der Waals surface area contributed by atoms with Gasteiger partial charge in [-0.05, 0) is 81.1 Å². The molecule has 24 heavy (non-hydrogen) atoms. The molecular weight excluding hydrogens is 300 g/mol. The Labute approximate surface area is 145 Å². The molecule has 0 aromatic carbocycles. The monoisotopic (exact) mass is 332 g/mol. The van der Waals surface area contributed by atoms with Gasteiger partial charge in [0, 0.05) is 11.8 Å². The Balaban J connectivity index is 1.69. The quantitative estimate of drug-likeness (QED) is 0.771. The summed E-state index contributed by atoms with van der Waals surface area (Å²) in [4.78, 5) is 11.9. The highest BCUT2D eigenvalue weighted by Crippen LogP contribution is 2.67. The molecule has 0 aliphatic heterocycles. The van der Waals surface area contributed by atoms with Gasteiger partial charge in [0.25, 0.3) is 0 Å². The first kappa shape index (κ1) is 16.8. The van der Waals surface area contributed by atoms with Crippen LogP contribution in [-0.4, -0.2) is 27.7 Å². The zero-order valence-electron chi connectivity index (χ0n) is 15.3. The molecule has 4 aliphatic rings. The summed E-state index contributed by atoms with van der Waals surface area (Å²) in [5, 5.41) is 21.5. The average molecular weight is 332 g/mol. The number of rotatable bonds is 1. The summed E-state index contributed by atoms with van der Waals surface area (Å²) < 4.78 is 0. The molecule has 4 rings (SSSR count). The van der Waals surface area contributed by atoms with Crippen molar-refractivity contribution in [2.45, 2.75) is 83.8 Å². The Morgan fingerprint density at radius 1 is 1.08 bits per heavy atom. The average Bonchev–Trinajstić information content (AvgIpc) is 2.81. The molecule has 0 amide bonds. The van der Waals surface area contributed by atoms with Gasteiger partial charge in [-0.15, -0.1) is 0 Å². The van der Waals surface area contributed by atoms with Gasteiger partial charge in [-0.1, -0.05) is 19.4 Å². The molecule has 3 saturated carbocycles. The lowest BCUT2D eigenvalue weighted by Gasteiger charge is -2.59. The van der Waals surface area contributed by atoms with Crippen molar-refractivity contribution in [3.63, 3.8) is 0 Å². The van der Waals surface area contributed by atoms with Crippen LogP contribution in [0.1, 0.15) is 72.1 Å². The molecule has 3 heteroatoms. The highest BCUT2D eigenvalue weighted by atomic mass is 16.3. The molecule has 3 nitrogen and oxygen atoms in total. The number of hydrogen-bond acceptors (Lipinski definition) is 3. The number of fused-ring (bicyclic) bond motifs is 5. The molecule has 2 N–H and O–H groups in total. The van der Waals surface area contributed by atoms with E-state index in [9.17, 15) is 15.0 Å². The van der Waals surface area contributed by atoms with E-state index >= 15 is 0 Å². The predicted molar refractivity (Wildman–Crippen MR) is 93.3 cm³/mol. The molecule has 0 saturated heterocycles. The van der Waals surface area contributed by atoms with E-state index < -0.39 is 11.7 Å². The molecule has 0 spiro atoms. The second-order valence-corrected chi connectivity index (χ2v) is 9.56. The molecule has 0 aromatic rings. The van der Waals surface area contributed by atoms with Gasteiger partial charge in [-0.2, -0.15) is 0 Å². The van der Waals surface area contributed by atoms with E-state index in [-0.39, 0.29) is 10.8 Å². The molecule has 0 bridgehead atoms. The minimum Gasteiger partial charge on any atom is -0.390 e. The van der Waals surface area contributed by atoms with E-state index in [0.29, 0.717) is 30.0 Å². The first-order chi connectivity index (χ1) is 11.2. The fourth-order valence-electron chi connectivity index (χ4n) is 7.30. The lowest BCUT2D eigenvalue weighted by Crippen LogP contribution is -2.58. The summed E-state index contributed by atoms with van der Waals surface area (Å²) in [6.45, 7) is 6.38. The second kappa shape index (κ2) is 5.17. The predicted octanol–water partition coefficient (Wildman–Crippen LogP) is 3.63. The van der Waals surface area contributed by atoms with E-state index in [2.05, 4.69) is 13.8 Å². The molecule has 0 aromatic heterocycles. The normalized spacial score (nSPS) is 52.1. The highest BCUT2D eigenvalue weighted by molar-refractivity contribution is 5.91. The lowest BCUT2D eigenvalue weighted by atomic mass is 9.46. The van der Waals surface area contributed by atoms with Crippen LogP contribution in [0.3, 0.4) is 0 Å². The smallest absolute Gasteiger partial charge is 0.155 e. The van der Waals surface area contributed by atoms with E-state index in [1.165, 1.54) is 5.57 Å². The number of aliphatic hydroxyl groups excluding tert-OH is 1. The van der Waals surface area contributed by atoms with Gasteiger partial charge in [0.15, 0.2) is 5.78 Å². The highest BCUT2D eigenvalue weighted by Gasteiger charge is 2.65. The third-order valence-corrected chi connectivity index (χ3v) is 8.87. The second-order valence-electron chi connectivity index (χ2n) is 9.56. The van der Waals surface area contributed by atoms with Crippen LogP contribution in [0, 0.1) is 28.6 Å². The molecule has 134 valence electrons. The Morgan fingerprint density at radius 3 is 2.50 bits per heavy atom. The summed E-state index contributed by atoms with van der Waals surface area (Å²) in [6, 6.07) is 0. The molecule has 3 fully saturated rings. The van der Waals surface area contributed by atoms with Crippen molar-refractivity contribution in [2.75, 3.05) is 0 Å². The molecule has 7 atom stereocenters. The summed E-state index contributed by atoms with van der Waals surface area (Å²) in [6.07, 6.45) is 9.07. The van der Waals surface area contributed by atoms with Crippen LogP contribution in [0.2, 0.25) is 0 Å². The van der Waals surface area contributed by atoms with Gasteiger partial charge < -0.3 is 10.2 Å². The van der Waals surface area contributed by atoms with Crippen LogP contribution in [-0.2, 0) is 4.79 Å². The van der Waals surface area contributed by atoms with Crippen molar-refractivity contribution in [1.82, 2.24) is 0 Å². The number of ketones is 1. The minimum atomic E-state index is -0.928. The minimum absolute atomic E-state index is 0.162. The van der Waals surface area contributed by atoms with Crippen molar-refractivity contribution < 1.29 is 15.0 Å². The maximum Gasteiger partial charge on any atom is 0.155 e. The van der Waals surface area contributed by atoms with E-state index in [1.807, 2.05) is 6.08 Å². The maximum atomic E-state index is 11.9. The summed E-state index contributed by atoms with van der Waals surface area (Å²) in [7, 11) is 0. The third-order valence-electron chi connectivity index (χ3n) is 8.87. The van der Waals surface area contributed by atoms with Gasteiger partial charge in [-0.3, -0.25) is 4.79 Å². The van der Waals surface area contributed by atoms with Crippen LogP contribution in [0.4, 0.5) is 0 Å². The summed E-state index contributed by atoms with van der Waals surface area (Å²) in [5.41, 5.74) is 0.489. The standard InChI is InChI=1S/C21H32O3/c1-13(22)21(24)11-8-18-16-5-4-14-12-15(23)6-9-19(14,2)17(16)7-10-20(18,21)3/h12-13,16-18,22,24H,4-11H2,1-3H3/t13?,16-,17+,18+,19+,20+,21-/m1/s1. The largest absolute Gasteiger partial charge is 0.390 e. The van der Waals surface area contributed by atoms with Crippen LogP contribution in [0.5, 0.6) is 0 Å². The van der Waals surface area contributed by atoms with E-state index in [0.717, 1.165) is 44.9 Å². The number of aliphatic hydroxyl groups is 2. The van der Waals surface area contributed by atoms with Crippen LogP contribution in [0.25, 0.3) is 0 Å². The van der Waals surface area contributed by atoms with E-state index in [4.69, 9.17) is 0 Å². The maximum absolute atomic E-state index is 11.9. The van der Waals surface area contributed by atoms with Crippen molar-refractivity contribution in [3.05, 3.63) is 11.6 Å².